The second-order valence-corrected chi connectivity index (χ2v) is 13.1. The Labute approximate surface area is 249 Å². The Kier molecular flexibility index (Phi) is 11.0. The highest BCUT2D eigenvalue weighted by atomic mass is 35.5. The molecule has 7 nitrogen and oxygen atoms in total. The lowest BCUT2D eigenvalue weighted by molar-refractivity contribution is -0.140. The van der Waals surface area contributed by atoms with Crippen LogP contribution in [0.5, 0.6) is 0 Å². The third-order valence-corrected chi connectivity index (χ3v) is 9.10. The molecule has 0 fully saturated rings. The van der Waals surface area contributed by atoms with Gasteiger partial charge in [-0.05, 0) is 80.1 Å². The minimum Gasteiger partial charge on any atom is -0.354 e. The number of nitrogens with one attached hydrogen (secondary N) is 1. The molecular weight excluding hydrogens is 558 g/mol. The summed E-state index contributed by atoms with van der Waals surface area (Å²) in [7, 11) is -4.12. The minimum atomic E-state index is -4.12. The van der Waals surface area contributed by atoms with Gasteiger partial charge < -0.3 is 10.2 Å². The molecule has 0 aliphatic heterocycles. The molecule has 41 heavy (non-hydrogen) atoms. The van der Waals surface area contributed by atoms with E-state index in [0.29, 0.717) is 23.7 Å². The van der Waals surface area contributed by atoms with E-state index in [4.69, 9.17) is 11.6 Å². The Morgan fingerprint density at radius 3 is 2.15 bits per heavy atom. The molecule has 9 heteroatoms. The fraction of sp³-hybridized carbons (Fsp3) is 0.375. The molecule has 220 valence electrons. The summed E-state index contributed by atoms with van der Waals surface area (Å²) >= 11 is 6.09. The van der Waals surface area contributed by atoms with Gasteiger partial charge in [-0.2, -0.15) is 0 Å². The van der Waals surface area contributed by atoms with Crippen LogP contribution in [0.25, 0.3) is 0 Å². The number of hydrogen-bond donors (Lipinski definition) is 1. The quantitative estimate of drug-likeness (QED) is 0.276. The highest BCUT2D eigenvalue weighted by Gasteiger charge is 2.34. The number of carbonyl (C=O) groups excluding carboxylic acids is 2. The maximum atomic E-state index is 14.2. The number of amides is 2. The van der Waals surface area contributed by atoms with Crippen molar-refractivity contribution in [2.24, 2.45) is 5.92 Å². The third kappa shape index (κ3) is 8.11. The van der Waals surface area contributed by atoms with E-state index in [1.807, 2.05) is 47.6 Å². The van der Waals surface area contributed by atoms with Crippen LogP contribution in [-0.4, -0.2) is 44.3 Å². The first kappa shape index (κ1) is 32.2. The summed E-state index contributed by atoms with van der Waals surface area (Å²) in [5, 5.41) is 3.49. The van der Waals surface area contributed by atoms with Gasteiger partial charge in [0.15, 0.2) is 0 Å². The van der Waals surface area contributed by atoms with E-state index in [0.717, 1.165) is 26.6 Å². The lowest BCUT2D eigenvalue weighted by atomic mass is 10.1. The Morgan fingerprint density at radius 2 is 1.56 bits per heavy atom. The Morgan fingerprint density at radius 1 is 0.927 bits per heavy atom. The number of aryl methyl sites for hydroxylation is 2. The fourth-order valence-electron chi connectivity index (χ4n) is 4.49. The Balaban J connectivity index is 2.08. The van der Waals surface area contributed by atoms with E-state index >= 15 is 0 Å². The molecule has 0 aliphatic rings. The molecule has 3 rings (SSSR count). The van der Waals surface area contributed by atoms with Gasteiger partial charge in [0.2, 0.25) is 11.8 Å². The van der Waals surface area contributed by atoms with Crippen LogP contribution in [0.4, 0.5) is 5.69 Å². The molecule has 0 aromatic heterocycles. The summed E-state index contributed by atoms with van der Waals surface area (Å²) < 4.78 is 29.3. The van der Waals surface area contributed by atoms with Gasteiger partial charge in [-0.3, -0.25) is 13.9 Å². The highest BCUT2D eigenvalue weighted by molar-refractivity contribution is 7.92. The highest BCUT2D eigenvalue weighted by Crippen LogP contribution is 2.29. The van der Waals surface area contributed by atoms with Crippen LogP contribution in [0.15, 0.2) is 71.6 Å². The number of hydrogen-bond acceptors (Lipinski definition) is 4. The summed E-state index contributed by atoms with van der Waals surface area (Å²) in [5.41, 5.74) is 3.77. The second kappa shape index (κ2) is 14.0. The van der Waals surface area contributed by atoms with Crippen molar-refractivity contribution < 1.29 is 18.0 Å². The van der Waals surface area contributed by atoms with Crippen LogP contribution in [0.1, 0.15) is 49.4 Å². The van der Waals surface area contributed by atoms with Gasteiger partial charge in [-0.1, -0.05) is 74.3 Å². The van der Waals surface area contributed by atoms with Gasteiger partial charge in [-0.15, -0.1) is 0 Å². The van der Waals surface area contributed by atoms with Gasteiger partial charge in [0.1, 0.15) is 12.6 Å². The zero-order valence-corrected chi connectivity index (χ0v) is 26.2. The molecule has 0 bridgehead atoms. The zero-order valence-electron chi connectivity index (χ0n) is 24.6. The van der Waals surface area contributed by atoms with Crippen LogP contribution < -0.4 is 9.62 Å². The Bertz CT molecular complexity index is 1460. The van der Waals surface area contributed by atoms with Crippen molar-refractivity contribution >= 4 is 39.1 Å². The van der Waals surface area contributed by atoms with Gasteiger partial charge in [0, 0.05) is 18.1 Å². The van der Waals surface area contributed by atoms with Crippen LogP contribution in [0.2, 0.25) is 5.02 Å². The number of rotatable bonds is 12. The van der Waals surface area contributed by atoms with Crippen molar-refractivity contribution in [2.45, 2.75) is 65.4 Å². The van der Waals surface area contributed by atoms with E-state index in [-0.39, 0.29) is 23.3 Å². The lowest BCUT2D eigenvalue weighted by Gasteiger charge is -2.34. The maximum Gasteiger partial charge on any atom is 0.264 e. The summed E-state index contributed by atoms with van der Waals surface area (Å²) in [4.78, 5) is 29.1. The minimum absolute atomic E-state index is 0.0859. The van der Waals surface area contributed by atoms with Gasteiger partial charge in [-0.25, -0.2) is 8.42 Å². The second-order valence-electron chi connectivity index (χ2n) is 10.8. The van der Waals surface area contributed by atoms with E-state index in [1.54, 1.807) is 60.7 Å². The van der Waals surface area contributed by atoms with Crippen LogP contribution in [0, 0.1) is 26.7 Å². The average Bonchev–Trinajstić information content (AvgIpc) is 2.93. The molecule has 2 amide bonds. The van der Waals surface area contributed by atoms with E-state index in [2.05, 4.69) is 5.32 Å². The molecule has 0 aliphatic carbocycles. The number of carbonyl (C=O) groups is 2. The molecule has 0 radical (unpaired) electrons. The first-order valence-electron chi connectivity index (χ1n) is 13.8. The number of nitrogens with zero attached hydrogens (tertiary/aromatic N) is 2. The molecule has 0 unspecified atom stereocenters. The predicted molar refractivity (Wildman–Crippen MR) is 166 cm³/mol. The fourth-order valence-corrected chi connectivity index (χ4v) is 6.08. The number of sulfonamides is 1. The maximum absolute atomic E-state index is 14.2. The van der Waals surface area contributed by atoms with E-state index in [9.17, 15) is 18.0 Å². The monoisotopic (exact) mass is 597 g/mol. The smallest absolute Gasteiger partial charge is 0.264 e. The SMILES string of the molecule is CC[C@@H](C(=O)NCC(C)C)N(Cc1ccc(Cl)cc1)C(=O)CN(c1cccc(C)c1C)S(=O)(=O)c1ccc(C)cc1. The zero-order chi connectivity index (χ0) is 30.3. The average molecular weight is 598 g/mol. The van der Waals surface area contributed by atoms with Crippen molar-refractivity contribution in [3.63, 3.8) is 0 Å². The summed E-state index contributed by atoms with van der Waals surface area (Å²) in [6, 6.07) is 18.2. The predicted octanol–water partition coefficient (Wildman–Crippen LogP) is 6.04. The summed E-state index contributed by atoms with van der Waals surface area (Å²) in [6.07, 6.45) is 0.359. The first-order valence-corrected chi connectivity index (χ1v) is 15.6. The molecule has 0 saturated heterocycles. The van der Waals surface area contributed by atoms with Crippen LogP contribution in [0.3, 0.4) is 0 Å². The molecular formula is C32H40ClN3O4S. The van der Waals surface area contributed by atoms with Crippen molar-refractivity contribution in [1.82, 2.24) is 10.2 Å². The summed E-state index contributed by atoms with van der Waals surface area (Å²) in [5.74, 6) is -0.525. The summed E-state index contributed by atoms with van der Waals surface area (Å²) in [6.45, 7) is 11.6. The van der Waals surface area contributed by atoms with Gasteiger partial charge in [0.05, 0.1) is 10.6 Å². The van der Waals surface area contributed by atoms with Crippen molar-refractivity contribution in [1.29, 1.82) is 0 Å². The normalized spacial score (nSPS) is 12.2. The molecule has 1 atom stereocenters. The third-order valence-electron chi connectivity index (χ3n) is 7.07. The molecule has 1 N–H and O–H groups in total. The van der Waals surface area contributed by atoms with Gasteiger partial charge >= 0.3 is 0 Å². The number of anilines is 1. The molecule has 3 aromatic rings. The first-order chi connectivity index (χ1) is 19.3. The standard InChI is InChI=1S/C32H40ClN3O4S/c1-7-29(32(38)34-19-22(2)3)35(20-26-13-15-27(33)16-14-26)31(37)21-36(30-10-8-9-24(5)25(30)6)41(39,40)28-17-11-23(4)12-18-28/h8-18,22,29H,7,19-21H2,1-6H3,(H,34,38)/t29-/m0/s1. The van der Waals surface area contributed by atoms with E-state index in [1.165, 1.54) is 4.90 Å². The molecule has 3 aromatic carbocycles. The topological polar surface area (TPSA) is 86.8 Å². The van der Waals surface area contributed by atoms with Crippen molar-refractivity contribution in [3.05, 3.63) is 94.0 Å². The van der Waals surface area contributed by atoms with Crippen molar-refractivity contribution in [3.8, 4) is 0 Å². The molecule has 0 saturated carbocycles. The Hall–Kier alpha value is -3.36. The molecule has 0 heterocycles. The van der Waals surface area contributed by atoms with Crippen molar-refractivity contribution in [2.75, 3.05) is 17.4 Å². The number of benzene rings is 3. The van der Waals surface area contributed by atoms with Crippen LogP contribution in [-0.2, 0) is 26.2 Å². The lowest BCUT2D eigenvalue weighted by Crippen LogP contribution is -2.52. The van der Waals surface area contributed by atoms with Gasteiger partial charge in [0.25, 0.3) is 10.0 Å². The molecule has 0 spiro atoms. The number of halogens is 1. The largest absolute Gasteiger partial charge is 0.354 e. The van der Waals surface area contributed by atoms with Crippen LogP contribution >= 0.6 is 11.6 Å². The van der Waals surface area contributed by atoms with E-state index < -0.39 is 28.5 Å².